The molecule has 10 heteroatoms. The lowest BCUT2D eigenvalue weighted by molar-refractivity contribution is -0.131. The molecular weight excluding hydrogens is 582 g/mol. The number of nitrogens with two attached hydrogens (primary N) is 1. The van der Waals surface area contributed by atoms with Gasteiger partial charge in [0.15, 0.2) is 0 Å². The highest BCUT2D eigenvalue weighted by Gasteiger charge is 2.27. The molecule has 7 N–H and O–H groups in total. The molecule has 3 atom stereocenters. The Morgan fingerprint density at radius 2 is 1.48 bits per heavy atom. The Morgan fingerprint density at radius 1 is 0.783 bits per heavy atom. The van der Waals surface area contributed by atoms with Gasteiger partial charge in [-0.05, 0) is 72.5 Å². The van der Waals surface area contributed by atoms with Gasteiger partial charge in [-0.1, -0.05) is 60.7 Å². The van der Waals surface area contributed by atoms with E-state index in [-0.39, 0.29) is 18.6 Å². The van der Waals surface area contributed by atoms with E-state index < -0.39 is 35.8 Å². The fourth-order valence-corrected chi connectivity index (χ4v) is 5.00. The molecule has 0 aliphatic heterocycles. The lowest BCUT2D eigenvalue weighted by Crippen LogP contribution is -2.54. The number of H-pyrrole nitrogens is 1. The third kappa shape index (κ3) is 8.52. The molecule has 3 amide bonds. The minimum Gasteiger partial charge on any atom is -0.508 e. The van der Waals surface area contributed by atoms with Crippen LogP contribution in [0.4, 0.5) is 5.69 Å². The summed E-state index contributed by atoms with van der Waals surface area (Å²) in [5.41, 5.74) is 10.3. The lowest BCUT2D eigenvalue weighted by Gasteiger charge is -2.22. The maximum atomic E-state index is 13.4. The first kappa shape index (κ1) is 31.8. The summed E-state index contributed by atoms with van der Waals surface area (Å²) < 4.78 is 5.82. The number of aromatic nitrogens is 1. The number of aromatic hydroxyl groups is 1. The number of ether oxygens (including phenoxy) is 1. The van der Waals surface area contributed by atoms with E-state index in [9.17, 15) is 19.5 Å². The van der Waals surface area contributed by atoms with Crippen molar-refractivity contribution in [1.82, 2.24) is 15.6 Å². The number of phenolic OH excluding ortho intramolecular Hbond substituents is 1. The molecular formula is C36H37N5O5. The summed E-state index contributed by atoms with van der Waals surface area (Å²) in [5, 5.41) is 18.8. The average molecular weight is 620 g/mol. The number of carbonyl (C=O) groups excluding carboxylic acids is 3. The number of hydrogen-bond acceptors (Lipinski definition) is 6. The van der Waals surface area contributed by atoms with E-state index in [1.54, 1.807) is 19.1 Å². The zero-order valence-electron chi connectivity index (χ0n) is 25.4. The Balaban J connectivity index is 1.18. The molecule has 1 aromatic heterocycles. The van der Waals surface area contributed by atoms with Gasteiger partial charge in [-0.25, -0.2) is 0 Å². The number of carbonyl (C=O) groups is 3. The van der Waals surface area contributed by atoms with E-state index >= 15 is 0 Å². The summed E-state index contributed by atoms with van der Waals surface area (Å²) in [4.78, 5) is 42.8. The van der Waals surface area contributed by atoms with Crippen LogP contribution in [0.25, 0.3) is 10.9 Å². The van der Waals surface area contributed by atoms with Gasteiger partial charge >= 0.3 is 0 Å². The van der Waals surface area contributed by atoms with Gasteiger partial charge < -0.3 is 36.5 Å². The highest BCUT2D eigenvalue weighted by molar-refractivity contribution is 5.99. The van der Waals surface area contributed by atoms with E-state index in [4.69, 9.17) is 10.5 Å². The molecule has 46 heavy (non-hydrogen) atoms. The molecule has 0 saturated carbocycles. The third-order valence-corrected chi connectivity index (χ3v) is 7.58. The number of amides is 3. The van der Waals surface area contributed by atoms with Gasteiger partial charge in [0.25, 0.3) is 0 Å². The number of rotatable bonds is 13. The van der Waals surface area contributed by atoms with E-state index in [0.29, 0.717) is 18.0 Å². The summed E-state index contributed by atoms with van der Waals surface area (Å²) in [6.07, 6.45) is 2.27. The highest BCUT2D eigenvalue weighted by Crippen LogP contribution is 2.21. The van der Waals surface area contributed by atoms with E-state index in [2.05, 4.69) is 20.9 Å². The van der Waals surface area contributed by atoms with Gasteiger partial charge in [-0.3, -0.25) is 14.4 Å². The maximum Gasteiger partial charge on any atom is 0.247 e. The van der Waals surface area contributed by atoms with Crippen LogP contribution in [-0.2, 0) is 33.8 Å². The Hall–Kier alpha value is -5.61. The molecule has 1 heterocycles. The predicted molar refractivity (Wildman–Crippen MR) is 177 cm³/mol. The quantitative estimate of drug-likeness (QED) is 0.108. The number of hydrogen-bond donors (Lipinski definition) is 6. The Morgan fingerprint density at radius 3 is 2.22 bits per heavy atom. The van der Waals surface area contributed by atoms with Crippen molar-refractivity contribution in [2.24, 2.45) is 5.73 Å². The molecule has 0 unspecified atom stereocenters. The second-order valence-electron chi connectivity index (χ2n) is 11.1. The second kappa shape index (κ2) is 14.9. The van der Waals surface area contributed by atoms with Gasteiger partial charge in [-0.15, -0.1) is 0 Å². The molecule has 0 aliphatic rings. The smallest absolute Gasteiger partial charge is 0.247 e. The molecule has 5 aromatic rings. The number of anilines is 1. The van der Waals surface area contributed by atoms with Gasteiger partial charge in [0, 0.05) is 29.2 Å². The van der Waals surface area contributed by atoms with Gasteiger partial charge in [0.1, 0.15) is 30.2 Å². The fourth-order valence-electron chi connectivity index (χ4n) is 5.00. The SMILES string of the molecule is C[C@H](NC(=O)[C@@H](N)Cc1ccc(OCc2ccccc2)cc1)C(=O)N[C@@H](Cc1c[nH]c2ccccc12)C(=O)Nc1ccc(O)cc1. The topological polar surface area (TPSA) is 159 Å². The summed E-state index contributed by atoms with van der Waals surface area (Å²) in [6.45, 7) is 1.99. The van der Waals surface area contributed by atoms with Crippen LogP contribution in [0.5, 0.6) is 11.5 Å². The first-order chi connectivity index (χ1) is 22.2. The minimum absolute atomic E-state index is 0.0642. The first-order valence-electron chi connectivity index (χ1n) is 15.0. The van der Waals surface area contributed by atoms with E-state index in [1.807, 2.05) is 85.1 Å². The zero-order chi connectivity index (χ0) is 32.5. The largest absolute Gasteiger partial charge is 0.508 e. The standard InChI is InChI=1S/C36H37N5O5/c1-23(39-35(44)31(37)19-24-11-17-29(18-12-24)46-22-25-7-3-2-4-8-25)34(43)41-33(36(45)40-27-13-15-28(42)16-14-27)20-26-21-38-32-10-6-5-9-30(26)32/h2-18,21,23,31,33,38,42H,19-20,22,37H2,1H3,(H,39,44)(H,40,45)(H,41,43)/t23-,31-,33-/m0/s1. The molecule has 0 saturated heterocycles. The average Bonchev–Trinajstić information content (AvgIpc) is 3.48. The summed E-state index contributed by atoms with van der Waals surface area (Å²) >= 11 is 0. The van der Waals surface area contributed by atoms with E-state index in [1.165, 1.54) is 12.1 Å². The minimum atomic E-state index is -0.962. The van der Waals surface area contributed by atoms with Gasteiger partial charge in [-0.2, -0.15) is 0 Å². The number of aromatic amines is 1. The van der Waals surface area contributed by atoms with Crippen LogP contribution in [0.2, 0.25) is 0 Å². The van der Waals surface area contributed by atoms with Crippen LogP contribution in [0, 0.1) is 0 Å². The van der Waals surface area contributed by atoms with Crippen LogP contribution in [0.15, 0.2) is 109 Å². The van der Waals surface area contributed by atoms with Crippen molar-refractivity contribution in [2.75, 3.05) is 5.32 Å². The molecule has 4 aromatic carbocycles. The number of para-hydroxylation sites is 1. The second-order valence-corrected chi connectivity index (χ2v) is 11.1. The number of phenols is 1. The fraction of sp³-hybridized carbons (Fsp3) is 0.194. The van der Waals surface area contributed by atoms with E-state index in [0.717, 1.165) is 27.6 Å². The molecule has 0 bridgehead atoms. The van der Waals surface area contributed by atoms with Crippen molar-refractivity contribution >= 4 is 34.3 Å². The molecule has 0 radical (unpaired) electrons. The highest BCUT2D eigenvalue weighted by atomic mass is 16.5. The van der Waals surface area contributed by atoms with Gasteiger partial charge in [0.05, 0.1) is 6.04 Å². The monoisotopic (exact) mass is 619 g/mol. The molecule has 0 aliphatic carbocycles. The number of nitrogens with one attached hydrogen (secondary N) is 4. The molecule has 0 fully saturated rings. The number of fused-ring (bicyclic) bond motifs is 1. The van der Waals surface area contributed by atoms with Crippen LogP contribution < -0.4 is 26.4 Å². The van der Waals surface area contributed by atoms with Crippen LogP contribution in [-0.4, -0.2) is 45.9 Å². The maximum absolute atomic E-state index is 13.4. The molecule has 5 rings (SSSR count). The van der Waals surface area contributed by atoms with Crippen molar-refractivity contribution in [1.29, 1.82) is 0 Å². The molecule has 10 nitrogen and oxygen atoms in total. The lowest BCUT2D eigenvalue weighted by atomic mass is 10.0. The summed E-state index contributed by atoms with van der Waals surface area (Å²) in [5.74, 6) is -0.711. The summed E-state index contributed by atoms with van der Waals surface area (Å²) in [7, 11) is 0. The first-order valence-corrected chi connectivity index (χ1v) is 15.0. The van der Waals surface area contributed by atoms with Crippen molar-refractivity contribution < 1.29 is 24.2 Å². The third-order valence-electron chi connectivity index (χ3n) is 7.58. The van der Waals surface area contributed by atoms with Crippen LogP contribution in [0.3, 0.4) is 0 Å². The van der Waals surface area contributed by atoms with Gasteiger partial charge in [0.2, 0.25) is 17.7 Å². The van der Waals surface area contributed by atoms with Crippen molar-refractivity contribution in [3.05, 3.63) is 126 Å². The van der Waals surface area contributed by atoms with Crippen molar-refractivity contribution in [3.8, 4) is 11.5 Å². The van der Waals surface area contributed by atoms with Crippen LogP contribution >= 0.6 is 0 Å². The molecule has 236 valence electrons. The molecule has 0 spiro atoms. The normalized spacial score (nSPS) is 12.9. The Labute approximate surface area is 267 Å². The zero-order valence-corrected chi connectivity index (χ0v) is 25.4. The summed E-state index contributed by atoms with van der Waals surface area (Å²) in [6, 6.07) is 28.1. The predicted octanol–water partition coefficient (Wildman–Crippen LogP) is 4.19. The Kier molecular flexibility index (Phi) is 10.3. The van der Waals surface area contributed by atoms with Crippen LogP contribution in [0.1, 0.15) is 23.6 Å². The number of benzene rings is 4. The van der Waals surface area contributed by atoms with Crippen molar-refractivity contribution in [3.63, 3.8) is 0 Å². The Bertz CT molecular complexity index is 1770. The van der Waals surface area contributed by atoms with Crippen molar-refractivity contribution in [2.45, 2.75) is 44.5 Å².